The van der Waals surface area contributed by atoms with Gasteiger partial charge >= 0.3 is 5.97 Å². The average molecular weight is 279 g/mol. The van der Waals surface area contributed by atoms with Gasteiger partial charge in [-0.15, -0.1) is 0 Å². The van der Waals surface area contributed by atoms with E-state index in [1.807, 2.05) is 0 Å². The van der Waals surface area contributed by atoms with Gasteiger partial charge in [0.25, 0.3) is 0 Å². The van der Waals surface area contributed by atoms with Crippen LogP contribution < -0.4 is 5.32 Å². The molecular formula is C11H21NO5S. The van der Waals surface area contributed by atoms with E-state index in [2.05, 4.69) is 10.1 Å². The van der Waals surface area contributed by atoms with Gasteiger partial charge in [0, 0.05) is 6.54 Å². The standard InChI is InChI=1S/C11H21NO5S/c1-12-6-9(13)7-18(15,16)8-11(3-4-11)5-10(14)17-2/h9,12-13H,3-8H2,1-2H3. The molecule has 1 unspecified atom stereocenters. The highest BCUT2D eigenvalue weighted by atomic mass is 32.2. The van der Waals surface area contributed by atoms with E-state index in [1.54, 1.807) is 7.05 Å². The van der Waals surface area contributed by atoms with Crippen LogP contribution in [0.4, 0.5) is 0 Å². The molecule has 7 heteroatoms. The van der Waals surface area contributed by atoms with Gasteiger partial charge in [0.05, 0.1) is 31.1 Å². The van der Waals surface area contributed by atoms with Crippen LogP contribution in [0.1, 0.15) is 19.3 Å². The van der Waals surface area contributed by atoms with Crippen molar-refractivity contribution < 1.29 is 23.1 Å². The number of esters is 1. The average Bonchev–Trinajstić information content (AvgIpc) is 2.95. The molecule has 1 fully saturated rings. The Bertz CT molecular complexity index is 388. The summed E-state index contributed by atoms with van der Waals surface area (Å²) in [6.45, 7) is 0.239. The summed E-state index contributed by atoms with van der Waals surface area (Å²) in [5.74, 6) is -0.689. The van der Waals surface area contributed by atoms with Crippen molar-refractivity contribution in [1.29, 1.82) is 0 Å². The third-order valence-electron chi connectivity index (χ3n) is 3.12. The van der Waals surface area contributed by atoms with E-state index in [0.717, 1.165) is 12.8 Å². The summed E-state index contributed by atoms with van der Waals surface area (Å²) in [5, 5.41) is 12.2. The van der Waals surface area contributed by atoms with Crippen LogP contribution in [0.5, 0.6) is 0 Å². The quantitative estimate of drug-likeness (QED) is 0.572. The number of ether oxygens (including phenoxy) is 1. The van der Waals surface area contributed by atoms with Crippen molar-refractivity contribution in [3.63, 3.8) is 0 Å². The molecule has 1 saturated carbocycles. The van der Waals surface area contributed by atoms with Crippen molar-refractivity contribution in [3.05, 3.63) is 0 Å². The number of carbonyl (C=O) groups excluding carboxylic acids is 1. The molecule has 0 saturated heterocycles. The van der Waals surface area contributed by atoms with Crippen LogP contribution in [0.25, 0.3) is 0 Å². The Morgan fingerprint density at radius 2 is 2.11 bits per heavy atom. The Labute approximate surface area is 108 Å². The van der Waals surface area contributed by atoms with Crippen molar-refractivity contribution in [2.45, 2.75) is 25.4 Å². The zero-order valence-corrected chi connectivity index (χ0v) is 11.6. The number of carbonyl (C=O) groups is 1. The monoisotopic (exact) mass is 279 g/mol. The normalized spacial score (nSPS) is 19.3. The van der Waals surface area contributed by atoms with Crippen LogP contribution in [0.15, 0.2) is 0 Å². The highest BCUT2D eigenvalue weighted by molar-refractivity contribution is 7.91. The maximum atomic E-state index is 11.9. The lowest BCUT2D eigenvalue weighted by Crippen LogP contribution is -2.33. The molecule has 18 heavy (non-hydrogen) atoms. The number of methoxy groups -OCH3 is 1. The molecule has 0 bridgehead atoms. The molecule has 1 atom stereocenters. The molecule has 1 aliphatic rings. The summed E-state index contributed by atoms with van der Waals surface area (Å²) in [6.07, 6.45) is 0.687. The Morgan fingerprint density at radius 1 is 1.50 bits per heavy atom. The zero-order valence-electron chi connectivity index (χ0n) is 10.8. The van der Waals surface area contributed by atoms with E-state index in [4.69, 9.17) is 0 Å². The van der Waals surface area contributed by atoms with Crippen LogP contribution in [-0.2, 0) is 19.4 Å². The Kier molecular flexibility index (Phi) is 5.12. The van der Waals surface area contributed by atoms with Crippen molar-refractivity contribution >= 4 is 15.8 Å². The number of aliphatic hydroxyl groups is 1. The number of hydrogen-bond acceptors (Lipinski definition) is 6. The van der Waals surface area contributed by atoms with Gasteiger partial charge in [-0.05, 0) is 25.3 Å². The highest BCUT2D eigenvalue weighted by Gasteiger charge is 2.48. The fourth-order valence-corrected chi connectivity index (χ4v) is 4.19. The largest absolute Gasteiger partial charge is 0.469 e. The molecule has 0 spiro atoms. The first-order valence-corrected chi connectivity index (χ1v) is 7.74. The Morgan fingerprint density at radius 3 is 2.56 bits per heavy atom. The van der Waals surface area contributed by atoms with Crippen LogP contribution in [0, 0.1) is 5.41 Å². The molecule has 1 rings (SSSR count). The summed E-state index contributed by atoms with van der Waals surface area (Å²) < 4.78 is 28.4. The predicted octanol–water partition coefficient (Wildman–Crippen LogP) is -0.675. The van der Waals surface area contributed by atoms with Crippen LogP contribution in [0.2, 0.25) is 0 Å². The van der Waals surface area contributed by atoms with E-state index in [9.17, 15) is 18.3 Å². The van der Waals surface area contributed by atoms with E-state index >= 15 is 0 Å². The summed E-state index contributed by atoms with van der Waals surface area (Å²) >= 11 is 0. The molecule has 0 aromatic carbocycles. The molecule has 6 nitrogen and oxygen atoms in total. The lowest BCUT2D eigenvalue weighted by molar-refractivity contribution is -0.141. The third kappa shape index (κ3) is 4.91. The minimum absolute atomic E-state index is 0.0458. The van der Waals surface area contributed by atoms with Gasteiger partial charge in [-0.2, -0.15) is 0 Å². The van der Waals surface area contributed by atoms with E-state index < -0.39 is 21.4 Å². The van der Waals surface area contributed by atoms with Gasteiger partial charge in [-0.3, -0.25) is 4.79 Å². The molecular weight excluding hydrogens is 258 g/mol. The minimum Gasteiger partial charge on any atom is -0.469 e. The van der Waals surface area contributed by atoms with Crippen molar-refractivity contribution in [3.8, 4) is 0 Å². The van der Waals surface area contributed by atoms with E-state index in [1.165, 1.54) is 7.11 Å². The molecule has 1 aliphatic carbocycles. The summed E-state index contributed by atoms with van der Waals surface area (Å²) in [5.41, 5.74) is -0.453. The number of hydrogen-bond donors (Lipinski definition) is 2. The number of sulfone groups is 1. The third-order valence-corrected chi connectivity index (χ3v) is 5.06. The SMILES string of the molecule is CNCC(O)CS(=O)(=O)CC1(CC(=O)OC)CC1. The van der Waals surface area contributed by atoms with Crippen LogP contribution in [0.3, 0.4) is 0 Å². The van der Waals surface area contributed by atoms with Crippen molar-refractivity contribution in [1.82, 2.24) is 5.32 Å². The first-order valence-electron chi connectivity index (χ1n) is 5.92. The minimum atomic E-state index is -3.35. The molecule has 0 amide bonds. The first kappa shape index (κ1) is 15.4. The highest BCUT2D eigenvalue weighted by Crippen LogP contribution is 2.50. The molecule has 0 aliphatic heterocycles. The topological polar surface area (TPSA) is 92.7 Å². The summed E-state index contributed by atoms with van der Waals surface area (Å²) in [6, 6.07) is 0. The molecule has 2 N–H and O–H groups in total. The van der Waals surface area contributed by atoms with Gasteiger partial charge in [0.2, 0.25) is 0 Å². The second kappa shape index (κ2) is 5.99. The van der Waals surface area contributed by atoms with Crippen LogP contribution in [-0.4, -0.2) is 57.8 Å². The fourth-order valence-electron chi connectivity index (χ4n) is 2.04. The van der Waals surface area contributed by atoms with Gasteiger partial charge in [0.15, 0.2) is 9.84 Å². The smallest absolute Gasteiger partial charge is 0.306 e. The van der Waals surface area contributed by atoms with Gasteiger partial charge < -0.3 is 15.2 Å². The first-order chi connectivity index (χ1) is 8.32. The predicted molar refractivity (Wildman–Crippen MR) is 66.9 cm³/mol. The fraction of sp³-hybridized carbons (Fsp3) is 0.909. The van der Waals surface area contributed by atoms with Crippen molar-refractivity contribution in [2.24, 2.45) is 5.41 Å². The van der Waals surface area contributed by atoms with Crippen LogP contribution >= 0.6 is 0 Å². The second-order valence-corrected chi connectivity index (χ2v) is 7.13. The number of aliphatic hydroxyl groups excluding tert-OH is 1. The Balaban J connectivity index is 2.52. The molecule has 0 aromatic rings. The van der Waals surface area contributed by atoms with E-state index in [0.29, 0.717) is 0 Å². The second-order valence-electron chi connectivity index (χ2n) is 5.02. The van der Waals surface area contributed by atoms with Gasteiger partial charge in [-0.1, -0.05) is 0 Å². The van der Waals surface area contributed by atoms with E-state index in [-0.39, 0.29) is 30.4 Å². The molecule has 0 heterocycles. The summed E-state index contributed by atoms with van der Waals surface area (Å²) in [7, 11) is -0.406. The maximum Gasteiger partial charge on any atom is 0.306 e. The van der Waals surface area contributed by atoms with Crippen molar-refractivity contribution in [2.75, 3.05) is 32.2 Å². The lowest BCUT2D eigenvalue weighted by atomic mass is 10.1. The Hall–Kier alpha value is -0.660. The molecule has 0 radical (unpaired) electrons. The molecule has 0 aromatic heterocycles. The molecule has 106 valence electrons. The number of nitrogens with one attached hydrogen (secondary N) is 1. The number of rotatable bonds is 8. The van der Waals surface area contributed by atoms with Gasteiger partial charge in [-0.25, -0.2) is 8.42 Å². The lowest BCUT2D eigenvalue weighted by Gasteiger charge is -2.16. The summed E-state index contributed by atoms with van der Waals surface area (Å²) in [4.78, 5) is 11.2. The zero-order chi connectivity index (χ0) is 13.8. The maximum absolute atomic E-state index is 11.9. The van der Waals surface area contributed by atoms with Gasteiger partial charge in [0.1, 0.15) is 0 Å². The number of likely N-dealkylation sites (N-methyl/N-ethyl adjacent to an activating group) is 1.